The average Bonchev–Trinajstić information content (AvgIpc) is 3.05. The second-order valence-corrected chi connectivity index (χ2v) is 5.43. The summed E-state index contributed by atoms with van der Waals surface area (Å²) < 4.78 is 5.23. The molecule has 122 valence electrons. The summed E-state index contributed by atoms with van der Waals surface area (Å²) in [5, 5.41) is 3.65. The van der Waals surface area contributed by atoms with E-state index in [-0.39, 0.29) is 0 Å². The number of H-pyrrole nitrogens is 1. The molecule has 3 heterocycles. The molecule has 0 radical (unpaired) electrons. The summed E-state index contributed by atoms with van der Waals surface area (Å²) >= 11 is 5.73. The number of amides is 1. The number of rotatable bonds is 4. The number of anilines is 1. The highest BCUT2D eigenvalue weighted by molar-refractivity contribution is 6.30. The third-order valence-electron chi connectivity index (χ3n) is 3.31. The molecule has 0 saturated heterocycles. The zero-order valence-corrected chi connectivity index (χ0v) is 13.4. The minimum Gasteiger partial charge on any atom is -0.449 e. The molecule has 0 aliphatic rings. The highest BCUT2D eigenvalue weighted by Crippen LogP contribution is 2.17. The SMILES string of the molecule is CC(OC(=O)c1ccnc2[nH]ccc12)C(=O)Nc1ccc(Cl)cn1. The van der Waals surface area contributed by atoms with Gasteiger partial charge in [-0.25, -0.2) is 14.8 Å². The first-order valence-corrected chi connectivity index (χ1v) is 7.48. The Hall–Kier alpha value is -2.93. The lowest BCUT2D eigenvalue weighted by atomic mass is 10.2. The van der Waals surface area contributed by atoms with Gasteiger partial charge in [0.1, 0.15) is 11.5 Å². The quantitative estimate of drug-likeness (QED) is 0.709. The number of carbonyl (C=O) groups is 2. The first-order valence-electron chi connectivity index (χ1n) is 7.10. The second-order valence-electron chi connectivity index (χ2n) is 5.00. The van der Waals surface area contributed by atoms with Crippen LogP contribution in [0.2, 0.25) is 5.02 Å². The van der Waals surface area contributed by atoms with Crippen LogP contribution in [0.4, 0.5) is 5.82 Å². The van der Waals surface area contributed by atoms with Crippen molar-refractivity contribution in [1.29, 1.82) is 0 Å². The molecule has 0 aliphatic carbocycles. The molecule has 24 heavy (non-hydrogen) atoms. The smallest absolute Gasteiger partial charge is 0.339 e. The lowest BCUT2D eigenvalue weighted by Crippen LogP contribution is -2.30. The van der Waals surface area contributed by atoms with Gasteiger partial charge in [-0.05, 0) is 31.2 Å². The number of halogens is 1. The van der Waals surface area contributed by atoms with Gasteiger partial charge < -0.3 is 15.0 Å². The molecule has 0 spiro atoms. The predicted molar refractivity (Wildman–Crippen MR) is 88.8 cm³/mol. The van der Waals surface area contributed by atoms with Crippen LogP contribution >= 0.6 is 11.6 Å². The maximum Gasteiger partial charge on any atom is 0.339 e. The molecule has 0 fully saturated rings. The van der Waals surface area contributed by atoms with E-state index in [1.165, 1.54) is 19.3 Å². The van der Waals surface area contributed by atoms with E-state index in [2.05, 4.69) is 20.3 Å². The van der Waals surface area contributed by atoms with Crippen molar-refractivity contribution in [3.63, 3.8) is 0 Å². The monoisotopic (exact) mass is 344 g/mol. The lowest BCUT2D eigenvalue weighted by Gasteiger charge is -2.13. The molecular formula is C16H13ClN4O3. The van der Waals surface area contributed by atoms with Crippen LogP contribution in [0.3, 0.4) is 0 Å². The van der Waals surface area contributed by atoms with Gasteiger partial charge in [0.25, 0.3) is 5.91 Å². The molecule has 0 bridgehead atoms. The zero-order chi connectivity index (χ0) is 17.1. The number of hydrogen-bond donors (Lipinski definition) is 2. The Morgan fingerprint density at radius 1 is 1.25 bits per heavy atom. The van der Waals surface area contributed by atoms with Crippen LogP contribution in [0.1, 0.15) is 17.3 Å². The van der Waals surface area contributed by atoms with Gasteiger partial charge in [0.2, 0.25) is 0 Å². The Morgan fingerprint density at radius 3 is 2.83 bits per heavy atom. The summed E-state index contributed by atoms with van der Waals surface area (Å²) in [6.45, 7) is 1.48. The van der Waals surface area contributed by atoms with Crippen molar-refractivity contribution in [3.05, 3.63) is 53.4 Å². The summed E-state index contributed by atoms with van der Waals surface area (Å²) in [6.07, 6.45) is 3.60. The third-order valence-corrected chi connectivity index (χ3v) is 3.54. The standard InChI is InChI=1S/C16H13ClN4O3/c1-9(15(22)21-13-3-2-10(17)8-20-13)24-16(23)12-5-7-19-14-11(12)4-6-18-14/h2-9H,1H3,(H,18,19)(H,20,21,22). The van der Waals surface area contributed by atoms with Crippen LogP contribution in [0.5, 0.6) is 0 Å². The Bertz CT molecular complexity index is 892. The molecule has 3 aromatic rings. The van der Waals surface area contributed by atoms with E-state index in [4.69, 9.17) is 16.3 Å². The molecular weight excluding hydrogens is 332 g/mol. The summed E-state index contributed by atoms with van der Waals surface area (Å²) in [7, 11) is 0. The molecule has 1 amide bonds. The summed E-state index contributed by atoms with van der Waals surface area (Å²) in [6, 6.07) is 6.42. The number of carbonyl (C=O) groups excluding carboxylic acids is 2. The van der Waals surface area contributed by atoms with Crippen molar-refractivity contribution in [2.45, 2.75) is 13.0 Å². The van der Waals surface area contributed by atoms with Crippen LogP contribution in [0.15, 0.2) is 42.9 Å². The first-order chi connectivity index (χ1) is 11.5. The van der Waals surface area contributed by atoms with E-state index >= 15 is 0 Å². The van der Waals surface area contributed by atoms with Gasteiger partial charge in [-0.3, -0.25) is 4.79 Å². The Kier molecular flexibility index (Phi) is 4.43. The fourth-order valence-electron chi connectivity index (χ4n) is 2.09. The number of ether oxygens (including phenoxy) is 1. The van der Waals surface area contributed by atoms with Crippen molar-refractivity contribution in [2.24, 2.45) is 0 Å². The maximum atomic E-state index is 12.3. The van der Waals surface area contributed by atoms with Crippen LogP contribution < -0.4 is 5.32 Å². The van der Waals surface area contributed by atoms with Crippen molar-refractivity contribution in [1.82, 2.24) is 15.0 Å². The summed E-state index contributed by atoms with van der Waals surface area (Å²) in [4.78, 5) is 35.4. The molecule has 2 N–H and O–H groups in total. The van der Waals surface area contributed by atoms with E-state index in [9.17, 15) is 9.59 Å². The molecule has 3 aromatic heterocycles. The number of pyridine rings is 2. The topological polar surface area (TPSA) is 97.0 Å². The fourth-order valence-corrected chi connectivity index (χ4v) is 2.21. The molecule has 8 heteroatoms. The zero-order valence-electron chi connectivity index (χ0n) is 12.6. The second kappa shape index (κ2) is 6.67. The number of hydrogen-bond acceptors (Lipinski definition) is 5. The van der Waals surface area contributed by atoms with Gasteiger partial charge in [0, 0.05) is 24.0 Å². The average molecular weight is 345 g/mol. The predicted octanol–water partition coefficient (Wildman–Crippen LogP) is 2.80. The molecule has 1 unspecified atom stereocenters. The highest BCUT2D eigenvalue weighted by atomic mass is 35.5. The summed E-state index contributed by atoms with van der Waals surface area (Å²) in [5.41, 5.74) is 0.914. The van der Waals surface area contributed by atoms with E-state index in [0.717, 1.165) is 0 Å². The summed E-state index contributed by atoms with van der Waals surface area (Å²) in [5.74, 6) is -0.768. The fraction of sp³-hybridized carbons (Fsp3) is 0.125. The first kappa shape index (κ1) is 15.9. The molecule has 7 nitrogen and oxygen atoms in total. The molecule has 3 rings (SSSR count). The van der Waals surface area contributed by atoms with Crippen LogP contribution in [-0.4, -0.2) is 32.9 Å². The third kappa shape index (κ3) is 3.36. The highest BCUT2D eigenvalue weighted by Gasteiger charge is 2.21. The molecule has 0 aromatic carbocycles. The van der Waals surface area contributed by atoms with E-state index < -0.39 is 18.0 Å². The number of fused-ring (bicyclic) bond motifs is 1. The number of aromatic amines is 1. The number of aromatic nitrogens is 3. The van der Waals surface area contributed by atoms with Crippen LogP contribution in [0, 0.1) is 0 Å². The van der Waals surface area contributed by atoms with Gasteiger partial charge in [-0.15, -0.1) is 0 Å². The van der Waals surface area contributed by atoms with Crippen molar-refractivity contribution < 1.29 is 14.3 Å². The van der Waals surface area contributed by atoms with Crippen molar-refractivity contribution in [3.8, 4) is 0 Å². The number of nitrogens with one attached hydrogen (secondary N) is 2. The largest absolute Gasteiger partial charge is 0.449 e. The van der Waals surface area contributed by atoms with Gasteiger partial charge in [-0.1, -0.05) is 11.6 Å². The van der Waals surface area contributed by atoms with E-state index in [0.29, 0.717) is 27.4 Å². The van der Waals surface area contributed by atoms with Gasteiger partial charge in [0.15, 0.2) is 6.10 Å². The van der Waals surface area contributed by atoms with Gasteiger partial charge in [-0.2, -0.15) is 0 Å². The Morgan fingerprint density at radius 2 is 2.08 bits per heavy atom. The van der Waals surface area contributed by atoms with E-state index in [1.807, 2.05) is 0 Å². The van der Waals surface area contributed by atoms with Gasteiger partial charge >= 0.3 is 5.97 Å². The molecule has 1 atom stereocenters. The van der Waals surface area contributed by atoms with E-state index in [1.54, 1.807) is 30.5 Å². The maximum absolute atomic E-state index is 12.3. The normalized spacial score (nSPS) is 11.9. The Balaban J connectivity index is 1.68. The minimum atomic E-state index is -0.989. The molecule has 0 aliphatic heterocycles. The minimum absolute atomic E-state index is 0.323. The molecule has 0 saturated carbocycles. The van der Waals surface area contributed by atoms with Crippen LogP contribution in [-0.2, 0) is 9.53 Å². The lowest BCUT2D eigenvalue weighted by molar-refractivity contribution is -0.123. The number of nitrogens with zero attached hydrogens (tertiary/aromatic N) is 2. The van der Waals surface area contributed by atoms with Crippen molar-refractivity contribution >= 4 is 40.3 Å². The van der Waals surface area contributed by atoms with Crippen molar-refractivity contribution in [2.75, 3.05) is 5.32 Å². The van der Waals surface area contributed by atoms with Gasteiger partial charge in [0.05, 0.1) is 10.6 Å². The number of esters is 1. The van der Waals surface area contributed by atoms with Crippen LogP contribution in [0.25, 0.3) is 11.0 Å². The Labute approximate surface area is 142 Å².